The number of hydrogen-bond acceptors (Lipinski definition) is 6. The Morgan fingerprint density at radius 3 is 2.66 bits per heavy atom. The van der Waals surface area contributed by atoms with E-state index in [1.54, 1.807) is 18.5 Å². The van der Waals surface area contributed by atoms with Crippen LogP contribution in [0.5, 0.6) is 11.5 Å². The third-order valence-corrected chi connectivity index (χ3v) is 5.61. The van der Waals surface area contributed by atoms with Crippen LogP contribution in [-0.2, 0) is 0 Å². The molecule has 6 nitrogen and oxygen atoms in total. The van der Waals surface area contributed by atoms with Crippen LogP contribution in [0.15, 0.2) is 85.7 Å². The van der Waals surface area contributed by atoms with Gasteiger partial charge in [-0.25, -0.2) is 0 Å². The molecule has 2 unspecified atom stereocenters. The van der Waals surface area contributed by atoms with Crippen molar-refractivity contribution in [3.8, 4) is 11.5 Å². The zero-order valence-corrected chi connectivity index (χ0v) is 17.9. The monoisotopic (exact) mass is 428 g/mol. The summed E-state index contributed by atoms with van der Waals surface area (Å²) in [7, 11) is 0. The SMILES string of the molecule is C=CC(O)N1CCCC(Nc2ccncc2C(=N)c2ccc(Oc3ccccc3)cc2)C1. The first-order chi connectivity index (χ1) is 15.6. The van der Waals surface area contributed by atoms with Gasteiger partial charge in [-0.3, -0.25) is 15.3 Å². The summed E-state index contributed by atoms with van der Waals surface area (Å²) < 4.78 is 5.85. The van der Waals surface area contributed by atoms with Gasteiger partial charge in [0.1, 0.15) is 17.7 Å². The Morgan fingerprint density at radius 1 is 1.16 bits per heavy atom. The minimum Gasteiger partial charge on any atom is -0.457 e. The fourth-order valence-electron chi connectivity index (χ4n) is 3.92. The van der Waals surface area contributed by atoms with Gasteiger partial charge in [0.2, 0.25) is 0 Å². The molecule has 3 N–H and O–H groups in total. The number of anilines is 1. The summed E-state index contributed by atoms with van der Waals surface area (Å²) >= 11 is 0. The van der Waals surface area contributed by atoms with Crippen LogP contribution >= 0.6 is 0 Å². The molecular formula is C26H28N4O2. The summed E-state index contributed by atoms with van der Waals surface area (Å²) in [6.45, 7) is 5.25. The van der Waals surface area contributed by atoms with Crippen LogP contribution in [0, 0.1) is 5.41 Å². The summed E-state index contributed by atoms with van der Waals surface area (Å²) in [6, 6.07) is 19.2. The molecule has 0 bridgehead atoms. The minimum absolute atomic E-state index is 0.175. The number of aromatic nitrogens is 1. The second-order valence-electron chi connectivity index (χ2n) is 7.86. The Bertz CT molecular complexity index is 1050. The molecule has 1 fully saturated rings. The van der Waals surface area contributed by atoms with E-state index in [0.717, 1.165) is 47.7 Å². The van der Waals surface area contributed by atoms with Crippen LogP contribution < -0.4 is 10.1 Å². The van der Waals surface area contributed by atoms with E-state index in [2.05, 4.69) is 16.9 Å². The lowest BCUT2D eigenvalue weighted by Gasteiger charge is -2.35. The summed E-state index contributed by atoms with van der Waals surface area (Å²) in [6.07, 6.45) is 6.37. The maximum Gasteiger partial charge on any atom is 0.127 e. The maximum atomic E-state index is 10.1. The summed E-state index contributed by atoms with van der Waals surface area (Å²) in [5, 5.41) is 22.4. The van der Waals surface area contributed by atoms with Gasteiger partial charge in [0, 0.05) is 48.3 Å². The van der Waals surface area contributed by atoms with Crippen LogP contribution in [0.3, 0.4) is 0 Å². The van der Waals surface area contributed by atoms with Gasteiger partial charge in [-0.1, -0.05) is 24.8 Å². The van der Waals surface area contributed by atoms with Crippen LogP contribution in [0.1, 0.15) is 24.0 Å². The van der Waals surface area contributed by atoms with Gasteiger partial charge in [0.15, 0.2) is 0 Å². The molecule has 0 spiro atoms. The van der Waals surface area contributed by atoms with Crippen molar-refractivity contribution < 1.29 is 9.84 Å². The van der Waals surface area contributed by atoms with Gasteiger partial charge in [0.05, 0.1) is 5.71 Å². The molecule has 3 aromatic rings. The first-order valence-electron chi connectivity index (χ1n) is 10.8. The van der Waals surface area contributed by atoms with E-state index >= 15 is 0 Å². The summed E-state index contributed by atoms with van der Waals surface area (Å²) in [4.78, 5) is 6.25. The average molecular weight is 429 g/mol. The number of aliphatic hydroxyl groups is 1. The third kappa shape index (κ3) is 5.22. The lowest BCUT2D eigenvalue weighted by atomic mass is 10.0. The number of nitrogens with one attached hydrogen (secondary N) is 2. The molecule has 0 radical (unpaired) electrons. The van der Waals surface area contributed by atoms with Crippen molar-refractivity contribution in [2.45, 2.75) is 25.1 Å². The van der Waals surface area contributed by atoms with Crippen molar-refractivity contribution in [3.05, 3.63) is 96.8 Å². The molecule has 1 aliphatic rings. The highest BCUT2D eigenvalue weighted by Gasteiger charge is 2.24. The third-order valence-electron chi connectivity index (χ3n) is 5.61. The van der Waals surface area contributed by atoms with E-state index in [9.17, 15) is 5.11 Å². The number of likely N-dealkylation sites (tertiary alicyclic amines) is 1. The Hall–Kier alpha value is -3.48. The predicted molar refractivity (Wildman–Crippen MR) is 128 cm³/mol. The molecule has 32 heavy (non-hydrogen) atoms. The summed E-state index contributed by atoms with van der Waals surface area (Å²) in [5.74, 6) is 1.50. The van der Waals surface area contributed by atoms with Crippen LogP contribution in [0.4, 0.5) is 5.69 Å². The van der Waals surface area contributed by atoms with E-state index in [0.29, 0.717) is 12.3 Å². The van der Waals surface area contributed by atoms with Gasteiger partial charge in [-0.05, 0) is 61.4 Å². The van der Waals surface area contributed by atoms with Crippen molar-refractivity contribution in [2.24, 2.45) is 0 Å². The largest absolute Gasteiger partial charge is 0.457 e. The molecule has 1 saturated heterocycles. The number of piperidine rings is 1. The van der Waals surface area contributed by atoms with Crippen molar-refractivity contribution in [1.29, 1.82) is 5.41 Å². The molecule has 4 rings (SSSR count). The molecule has 0 amide bonds. The van der Waals surface area contributed by atoms with Gasteiger partial charge < -0.3 is 15.2 Å². The lowest BCUT2D eigenvalue weighted by molar-refractivity contribution is 0.0251. The zero-order chi connectivity index (χ0) is 22.3. The second kappa shape index (κ2) is 10.2. The van der Waals surface area contributed by atoms with Gasteiger partial charge >= 0.3 is 0 Å². The quantitative estimate of drug-likeness (QED) is 0.359. The maximum absolute atomic E-state index is 10.1. The number of pyridine rings is 1. The number of rotatable bonds is 8. The molecule has 2 atom stereocenters. The highest BCUT2D eigenvalue weighted by atomic mass is 16.5. The molecule has 1 aliphatic heterocycles. The Kier molecular flexibility index (Phi) is 6.94. The number of para-hydroxylation sites is 1. The second-order valence-corrected chi connectivity index (χ2v) is 7.86. The Morgan fingerprint density at radius 2 is 1.91 bits per heavy atom. The Balaban J connectivity index is 1.47. The van der Waals surface area contributed by atoms with Gasteiger partial charge in [0.25, 0.3) is 0 Å². The molecule has 6 heteroatoms. The lowest BCUT2D eigenvalue weighted by Crippen LogP contribution is -2.46. The fourth-order valence-corrected chi connectivity index (χ4v) is 3.92. The van der Waals surface area contributed by atoms with Crippen LogP contribution in [0.25, 0.3) is 0 Å². The van der Waals surface area contributed by atoms with Crippen molar-refractivity contribution in [2.75, 3.05) is 18.4 Å². The molecule has 164 valence electrons. The van der Waals surface area contributed by atoms with Gasteiger partial charge in [-0.2, -0.15) is 0 Å². The highest BCUT2D eigenvalue weighted by molar-refractivity contribution is 6.13. The van der Waals surface area contributed by atoms with E-state index in [-0.39, 0.29) is 6.04 Å². The van der Waals surface area contributed by atoms with Crippen LogP contribution in [-0.4, -0.2) is 46.1 Å². The molecular weight excluding hydrogens is 400 g/mol. The van der Waals surface area contributed by atoms with E-state index in [4.69, 9.17) is 10.1 Å². The molecule has 2 heterocycles. The van der Waals surface area contributed by atoms with E-state index in [1.165, 1.54) is 0 Å². The van der Waals surface area contributed by atoms with Crippen LogP contribution in [0.2, 0.25) is 0 Å². The first-order valence-corrected chi connectivity index (χ1v) is 10.8. The number of nitrogens with zero attached hydrogens (tertiary/aromatic N) is 2. The smallest absolute Gasteiger partial charge is 0.127 e. The number of ether oxygens (including phenoxy) is 1. The van der Waals surface area contributed by atoms with E-state index in [1.807, 2.05) is 65.6 Å². The van der Waals surface area contributed by atoms with Crippen molar-refractivity contribution in [1.82, 2.24) is 9.88 Å². The van der Waals surface area contributed by atoms with E-state index < -0.39 is 6.23 Å². The number of benzene rings is 2. The number of aliphatic hydroxyl groups excluding tert-OH is 1. The molecule has 2 aromatic carbocycles. The predicted octanol–water partition coefficient (Wildman–Crippen LogP) is 4.67. The summed E-state index contributed by atoms with van der Waals surface area (Å²) in [5.41, 5.74) is 2.79. The highest BCUT2D eigenvalue weighted by Crippen LogP contribution is 2.25. The standard InChI is InChI=1S/C26H28N4O2/c1-2-25(31)30-16-6-7-20(18-30)29-24-14-15-28-17-23(24)26(27)19-10-12-22(13-11-19)32-21-8-4-3-5-9-21/h2-5,8-15,17,20,25,27,31H,1,6-7,16,18H2,(H,28,29). The number of hydrogen-bond donors (Lipinski definition) is 3. The molecule has 1 aromatic heterocycles. The molecule has 0 saturated carbocycles. The average Bonchev–Trinajstić information content (AvgIpc) is 2.85. The zero-order valence-electron chi connectivity index (χ0n) is 17.9. The van der Waals surface area contributed by atoms with Crippen molar-refractivity contribution >= 4 is 11.4 Å². The Labute approximate surface area is 188 Å². The minimum atomic E-state index is -0.633. The van der Waals surface area contributed by atoms with Gasteiger partial charge in [-0.15, -0.1) is 0 Å². The normalized spacial score (nSPS) is 17.3. The van der Waals surface area contributed by atoms with Crippen molar-refractivity contribution in [3.63, 3.8) is 0 Å². The first kappa shape index (κ1) is 21.7. The topological polar surface area (TPSA) is 81.5 Å². The molecule has 0 aliphatic carbocycles. The fraction of sp³-hybridized carbons (Fsp3) is 0.231.